The Labute approximate surface area is 148 Å². The molecule has 1 aromatic heterocycles. The van der Waals surface area contributed by atoms with E-state index in [4.69, 9.17) is 4.74 Å². The fourth-order valence-electron chi connectivity index (χ4n) is 5.79. The second-order valence-corrected chi connectivity index (χ2v) is 8.31. The van der Waals surface area contributed by atoms with Crippen LogP contribution in [0.25, 0.3) is 0 Å². The largest absolute Gasteiger partial charge is 0.378 e. The van der Waals surface area contributed by atoms with Gasteiger partial charge in [0.2, 0.25) is 0 Å². The quantitative estimate of drug-likeness (QED) is 0.908. The first kappa shape index (κ1) is 15.6. The number of aromatic nitrogens is 2. The van der Waals surface area contributed by atoms with Crippen LogP contribution in [0.3, 0.4) is 0 Å². The van der Waals surface area contributed by atoms with E-state index < -0.39 is 0 Å². The van der Waals surface area contributed by atoms with Crippen molar-refractivity contribution in [1.82, 2.24) is 15.5 Å². The molecule has 0 unspecified atom stereocenters. The Balaban J connectivity index is 1.25. The van der Waals surface area contributed by atoms with Crippen LogP contribution in [0.4, 0.5) is 5.82 Å². The molecule has 6 heteroatoms. The number of ether oxygens (including phenoxy) is 1. The summed E-state index contributed by atoms with van der Waals surface area (Å²) < 4.78 is 5.36. The van der Waals surface area contributed by atoms with Gasteiger partial charge in [0, 0.05) is 19.1 Å². The van der Waals surface area contributed by atoms with Gasteiger partial charge in [-0.15, -0.1) is 10.2 Å². The Hall–Kier alpha value is -1.69. The molecule has 1 aromatic rings. The molecule has 4 bridgehead atoms. The molecular formula is C19H26N4O2. The van der Waals surface area contributed by atoms with E-state index >= 15 is 0 Å². The van der Waals surface area contributed by atoms with Crippen molar-refractivity contribution in [2.75, 3.05) is 31.2 Å². The van der Waals surface area contributed by atoms with Crippen molar-refractivity contribution >= 4 is 11.7 Å². The molecule has 0 atom stereocenters. The van der Waals surface area contributed by atoms with Gasteiger partial charge in [0.25, 0.3) is 5.91 Å². The number of morpholine rings is 1. The van der Waals surface area contributed by atoms with E-state index in [0.717, 1.165) is 44.0 Å². The number of nitrogens with one attached hydrogen (secondary N) is 1. The van der Waals surface area contributed by atoms with Crippen molar-refractivity contribution in [1.29, 1.82) is 0 Å². The van der Waals surface area contributed by atoms with Crippen LogP contribution in [-0.2, 0) is 4.74 Å². The van der Waals surface area contributed by atoms with Crippen molar-refractivity contribution in [3.63, 3.8) is 0 Å². The summed E-state index contributed by atoms with van der Waals surface area (Å²) in [7, 11) is 0. The van der Waals surface area contributed by atoms with Crippen LogP contribution in [0, 0.1) is 23.7 Å². The smallest absolute Gasteiger partial charge is 0.272 e. The van der Waals surface area contributed by atoms with Crippen LogP contribution in [0.1, 0.15) is 42.6 Å². The summed E-state index contributed by atoms with van der Waals surface area (Å²) >= 11 is 0. The zero-order valence-corrected chi connectivity index (χ0v) is 14.6. The number of carbonyl (C=O) groups excluding carboxylic acids is 1. The number of amides is 1. The lowest BCUT2D eigenvalue weighted by Crippen LogP contribution is -2.55. The minimum atomic E-state index is -0.0569. The molecule has 1 N–H and O–H groups in total. The summed E-state index contributed by atoms with van der Waals surface area (Å²) in [5.41, 5.74) is 0.436. The van der Waals surface area contributed by atoms with Crippen molar-refractivity contribution in [3.05, 3.63) is 17.8 Å². The van der Waals surface area contributed by atoms with Crippen LogP contribution < -0.4 is 10.2 Å². The normalized spacial score (nSPS) is 36.5. The molecule has 6 rings (SSSR count). The number of carbonyl (C=O) groups is 1. The van der Waals surface area contributed by atoms with Crippen LogP contribution in [-0.4, -0.2) is 48.4 Å². The lowest BCUT2D eigenvalue weighted by Gasteiger charge is -2.54. The lowest BCUT2D eigenvalue weighted by atomic mass is 9.54. The van der Waals surface area contributed by atoms with Gasteiger partial charge in [-0.2, -0.15) is 0 Å². The molecule has 0 spiro atoms. The number of hydrogen-bond acceptors (Lipinski definition) is 5. The highest BCUT2D eigenvalue weighted by molar-refractivity contribution is 5.92. The summed E-state index contributed by atoms with van der Waals surface area (Å²) in [5, 5.41) is 11.8. The van der Waals surface area contributed by atoms with Crippen molar-refractivity contribution in [3.8, 4) is 0 Å². The molecule has 6 nitrogen and oxygen atoms in total. The lowest BCUT2D eigenvalue weighted by molar-refractivity contribution is -0.0120. The Morgan fingerprint density at radius 3 is 2.28 bits per heavy atom. The first-order valence-electron chi connectivity index (χ1n) is 9.73. The highest BCUT2D eigenvalue weighted by Crippen LogP contribution is 2.53. The highest BCUT2D eigenvalue weighted by Gasteiger charge is 2.48. The monoisotopic (exact) mass is 342 g/mol. The van der Waals surface area contributed by atoms with Crippen LogP contribution in [0.15, 0.2) is 12.1 Å². The molecular weight excluding hydrogens is 316 g/mol. The highest BCUT2D eigenvalue weighted by atomic mass is 16.5. The second kappa shape index (κ2) is 6.24. The topological polar surface area (TPSA) is 67.4 Å². The Kier molecular flexibility index (Phi) is 3.88. The maximum absolute atomic E-state index is 12.7. The molecule has 2 heterocycles. The van der Waals surface area contributed by atoms with Crippen LogP contribution in [0.5, 0.6) is 0 Å². The maximum atomic E-state index is 12.7. The molecule has 0 aromatic carbocycles. The number of hydrogen-bond donors (Lipinski definition) is 1. The van der Waals surface area contributed by atoms with Gasteiger partial charge in [-0.3, -0.25) is 4.79 Å². The predicted molar refractivity (Wildman–Crippen MR) is 93.4 cm³/mol. The number of nitrogens with zero attached hydrogens (tertiary/aromatic N) is 3. The van der Waals surface area contributed by atoms with Crippen molar-refractivity contribution in [2.24, 2.45) is 23.7 Å². The SMILES string of the molecule is O=C(NC1C2CC3CC(C2)CC1C3)c1ccc(N2CCOCC2)nn1. The summed E-state index contributed by atoms with van der Waals surface area (Å²) in [6.07, 6.45) is 6.65. The third-order valence-electron chi connectivity index (χ3n) is 6.74. The van der Waals surface area contributed by atoms with Crippen LogP contribution in [0.2, 0.25) is 0 Å². The van der Waals surface area contributed by atoms with E-state index in [9.17, 15) is 4.79 Å². The molecule has 1 aliphatic heterocycles. The third-order valence-corrected chi connectivity index (χ3v) is 6.74. The average Bonchev–Trinajstić information content (AvgIpc) is 2.65. The minimum Gasteiger partial charge on any atom is -0.378 e. The summed E-state index contributed by atoms with van der Waals surface area (Å²) in [5.74, 6) is 3.97. The van der Waals surface area contributed by atoms with E-state index in [0.29, 0.717) is 23.6 Å². The van der Waals surface area contributed by atoms with Gasteiger partial charge in [0.1, 0.15) is 0 Å². The zero-order valence-electron chi connectivity index (χ0n) is 14.6. The van der Waals surface area contributed by atoms with Gasteiger partial charge < -0.3 is 15.0 Å². The van der Waals surface area contributed by atoms with E-state index in [-0.39, 0.29) is 5.91 Å². The van der Waals surface area contributed by atoms with Gasteiger partial charge >= 0.3 is 0 Å². The maximum Gasteiger partial charge on any atom is 0.272 e. The Bertz CT molecular complexity index is 613. The molecule has 5 aliphatic rings. The molecule has 0 radical (unpaired) electrons. The molecule has 4 aliphatic carbocycles. The van der Waals surface area contributed by atoms with Gasteiger partial charge in [-0.05, 0) is 67.9 Å². The molecule has 4 saturated carbocycles. The summed E-state index contributed by atoms with van der Waals surface area (Å²) in [4.78, 5) is 14.8. The molecule has 1 saturated heterocycles. The third kappa shape index (κ3) is 2.90. The van der Waals surface area contributed by atoms with E-state index in [1.807, 2.05) is 12.1 Å². The fraction of sp³-hybridized carbons (Fsp3) is 0.737. The first-order chi connectivity index (χ1) is 12.3. The summed E-state index contributed by atoms with van der Waals surface area (Å²) in [6.45, 7) is 3.09. The van der Waals surface area contributed by atoms with Crippen LogP contribution >= 0.6 is 0 Å². The van der Waals surface area contributed by atoms with Crippen molar-refractivity contribution < 1.29 is 9.53 Å². The molecule has 1 amide bonds. The number of anilines is 1. The minimum absolute atomic E-state index is 0.0569. The van der Waals surface area contributed by atoms with Crippen molar-refractivity contribution in [2.45, 2.75) is 38.1 Å². The van der Waals surface area contributed by atoms with E-state index in [1.165, 1.54) is 32.1 Å². The van der Waals surface area contributed by atoms with Gasteiger partial charge in [-0.25, -0.2) is 0 Å². The van der Waals surface area contributed by atoms with Gasteiger partial charge in [0.05, 0.1) is 13.2 Å². The first-order valence-corrected chi connectivity index (χ1v) is 9.73. The van der Waals surface area contributed by atoms with Gasteiger partial charge in [-0.1, -0.05) is 0 Å². The number of rotatable bonds is 3. The molecule has 134 valence electrons. The molecule has 25 heavy (non-hydrogen) atoms. The second-order valence-electron chi connectivity index (χ2n) is 8.31. The standard InChI is InChI=1S/C19H26N4O2/c24-19(16-1-2-17(22-21-16)23-3-5-25-6-4-23)20-18-14-8-12-7-13(10-14)11-15(18)9-12/h1-2,12-15,18H,3-11H2,(H,20,24). The average molecular weight is 342 g/mol. The Morgan fingerprint density at radius 1 is 1.00 bits per heavy atom. The fourth-order valence-corrected chi connectivity index (χ4v) is 5.79. The zero-order chi connectivity index (χ0) is 16.8. The van der Waals surface area contributed by atoms with E-state index in [2.05, 4.69) is 20.4 Å². The molecule has 5 fully saturated rings. The van der Waals surface area contributed by atoms with E-state index in [1.54, 1.807) is 0 Å². The summed E-state index contributed by atoms with van der Waals surface area (Å²) in [6, 6.07) is 4.06. The predicted octanol–water partition coefficient (Wildman–Crippen LogP) is 1.87. The Morgan fingerprint density at radius 2 is 1.68 bits per heavy atom. The van der Waals surface area contributed by atoms with Gasteiger partial charge in [0.15, 0.2) is 11.5 Å².